The van der Waals surface area contributed by atoms with Crippen LogP contribution in [0.4, 0.5) is 0 Å². The molecule has 0 saturated heterocycles. The van der Waals surface area contributed by atoms with Crippen LogP contribution in [-0.4, -0.2) is 13.4 Å². The third-order valence-corrected chi connectivity index (χ3v) is 3.52. The van der Waals surface area contributed by atoms with Crippen molar-refractivity contribution in [3.8, 4) is 0 Å². The maximum Gasteiger partial charge on any atom is 0.222 e. The monoisotopic (exact) mass is 352 g/mol. The largest absolute Gasteiger partial charge is 0.292 e. The Hall–Kier alpha value is -1.66. The first kappa shape index (κ1) is 14.7. The minimum Gasteiger partial charge on any atom is -0.292 e. The second kappa shape index (κ2) is 6.67. The number of benzene rings is 1. The van der Waals surface area contributed by atoms with Crippen LogP contribution in [0.5, 0.6) is 0 Å². The fourth-order valence-corrected chi connectivity index (χ4v) is 2.40. The van der Waals surface area contributed by atoms with Gasteiger partial charge in [-0.05, 0) is 34.5 Å². The van der Waals surface area contributed by atoms with Gasteiger partial charge < -0.3 is 0 Å². The molecule has 104 valence electrons. The summed E-state index contributed by atoms with van der Waals surface area (Å²) in [6.07, 6.45) is 3.19. The summed E-state index contributed by atoms with van der Waals surface area (Å²) in [5.74, 6) is 0. The van der Waals surface area contributed by atoms with Crippen LogP contribution in [0.2, 0.25) is 0 Å². The van der Waals surface area contributed by atoms with Crippen molar-refractivity contribution in [3.63, 3.8) is 0 Å². The summed E-state index contributed by atoms with van der Waals surface area (Å²) in [6.45, 7) is 1.88. The molecule has 0 atom stereocenters. The molecule has 4 nitrogen and oxygen atoms in total. The first-order valence-electron chi connectivity index (χ1n) is 5.86. The maximum absolute atomic E-state index is 10.8. The second-order valence-electron chi connectivity index (χ2n) is 4.10. The van der Waals surface area contributed by atoms with E-state index in [9.17, 15) is 8.42 Å². The molecule has 0 radical (unpaired) electrons. The molecular weight excluding hydrogens is 340 g/mol. The molecule has 1 aromatic carbocycles. The smallest absolute Gasteiger partial charge is 0.222 e. The van der Waals surface area contributed by atoms with Gasteiger partial charge in [0, 0.05) is 33.7 Å². The molecule has 0 aliphatic carbocycles. The van der Waals surface area contributed by atoms with Crippen molar-refractivity contribution in [1.29, 1.82) is 0 Å². The first-order valence-corrected chi connectivity index (χ1v) is 7.83. The average molecular weight is 353 g/mol. The standard InChI is InChI=1S/C14H13BrN2O2S/c1-10-13(7-12(15)8-16-10)14(9-17-20(18)19)11-5-3-2-4-6-11/h2-9,20H,1H3,(H,17,18,19)/b14-9+. The van der Waals surface area contributed by atoms with Crippen LogP contribution >= 0.6 is 15.9 Å². The summed E-state index contributed by atoms with van der Waals surface area (Å²) in [6, 6.07) is 11.5. The molecule has 1 N–H and O–H groups in total. The Kier molecular flexibility index (Phi) is 4.92. The van der Waals surface area contributed by atoms with E-state index in [0.717, 1.165) is 26.9 Å². The minimum atomic E-state index is -2.69. The zero-order valence-corrected chi connectivity index (χ0v) is 13.2. The molecule has 1 aromatic heterocycles. The number of aromatic nitrogens is 1. The third-order valence-electron chi connectivity index (χ3n) is 2.74. The zero-order chi connectivity index (χ0) is 14.5. The van der Waals surface area contributed by atoms with Crippen LogP contribution in [0.15, 0.2) is 53.3 Å². The Morgan fingerprint density at radius 2 is 2.00 bits per heavy atom. The zero-order valence-electron chi connectivity index (χ0n) is 10.7. The lowest BCUT2D eigenvalue weighted by atomic mass is 9.98. The van der Waals surface area contributed by atoms with Crippen LogP contribution in [0.25, 0.3) is 5.57 Å². The lowest BCUT2D eigenvalue weighted by Crippen LogP contribution is -2.04. The number of pyridine rings is 1. The molecule has 2 aromatic rings. The summed E-state index contributed by atoms with van der Waals surface area (Å²) in [5.41, 5.74) is 3.39. The minimum absolute atomic E-state index is 0.774. The highest BCUT2D eigenvalue weighted by molar-refractivity contribution is 9.10. The molecule has 0 aliphatic rings. The van der Waals surface area contributed by atoms with Crippen molar-refractivity contribution in [2.45, 2.75) is 6.92 Å². The van der Waals surface area contributed by atoms with Gasteiger partial charge in [0.05, 0.1) is 0 Å². The molecule has 0 saturated carbocycles. The molecule has 6 heteroatoms. The van der Waals surface area contributed by atoms with E-state index < -0.39 is 10.9 Å². The fourth-order valence-electron chi connectivity index (χ4n) is 1.83. The maximum atomic E-state index is 10.8. The third kappa shape index (κ3) is 3.68. The lowest BCUT2D eigenvalue weighted by Gasteiger charge is -2.11. The van der Waals surface area contributed by atoms with Gasteiger partial charge in [0.1, 0.15) is 0 Å². The Morgan fingerprint density at radius 3 is 2.65 bits per heavy atom. The van der Waals surface area contributed by atoms with Gasteiger partial charge in [0.2, 0.25) is 10.9 Å². The molecule has 0 bridgehead atoms. The van der Waals surface area contributed by atoms with Crippen LogP contribution < -0.4 is 4.72 Å². The van der Waals surface area contributed by atoms with Gasteiger partial charge in [-0.3, -0.25) is 9.71 Å². The molecule has 0 unspecified atom stereocenters. The topological polar surface area (TPSA) is 59.1 Å². The van der Waals surface area contributed by atoms with Gasteiger partial charge in [-0.25, -0.2) is 8.42 Å². The van der Waals surface area contributed by atoms with Crippen LogP contribution in [0.3, 0.4) is 0 Å². The Bertz CT molecular complexity index is 704. The summed E-state index contributed by atoms with van der Waals surface area (Å²) in [7, 11) is -2.69. The fraction of sp³-hybridized carbons (Fsp3) is 0.0714. The summed E-state index contributed by atoms with van der Waals surface area (Å²) < 4.78 is 24.7. The Morgan fingerprint density at radius 1 is 1.30 bits per heavy atom. The normalized spacial score (nSPS) is 11.7. The number of thiol groups is 1. The van der Waals surface area contributed by atoms with Gasteiger partial charge in [-0.2, -0.15) is 0 Å². The SMILES string of the molecule is Cc1ncc(Br)cc1/C(=C/N[SH](=O)=O)c1ccccc1. The van der Waals surface area contributed by atoms with E-state index in [1.165, 1.54) is 6.20 Å². The van der Waals surface area contributed by atoms with E-state index in [4.69, 9.17) is 0 Å². The molecule has 20 heavy (non-hydrogen) atoms. The highest BCUT2D eigenvalue weighted by Crippen LogP contribution is 2.26. The van der Waals surface area contributed by atoms with E-state index in [-0.39, 0.29) is 0 Å². The van der Waals surface area contributed by atoms with Gasteiger partial charge in [0.25, 0.3) is 0 Å². The van der Waals surface area contributed by atoms with Gasteiger partial charge in [-0.1, -0.05) is 30.3 Å². The Balaban J connectivity index is 2.57. The molecule has 0 fully saturated rings. The van der Waals surface area contributed by atoms with Crippen molar-refractivity contribution < 1.29 is 8.42 Å². The number of aryl methyl sites for hydroxylation is 1. The number of nitrogens with zero attached hydrogens (tertiary/aromatic N) is 1. The molecule has 1 heterocycles. The quantitative estimate of drug-likeness (QED) is 0.831. The van der Waals surface area contributed by atoms with E-state index in [2.05, 4.69) is 25.6 Å². The molecule has 2 rings (SSSR count). The number of hydrogen-bond donors (Lipinski definition) is 2. The summed E-state index contributed by atoms with van der Waals surface area (Å²) >= 11 is 3.39. The molecule has 0 aliphatic heterocycles. The highest BCUT2D eigenvalue weighted by atomic mass is 79.9. The van der Waals surface area contributed by atoms with Crippen molar-refractivity contribution >= 4 is 32.4 Å². The van der Waals surface area contributed by atoms with Crippen molar-refractivity contribution in [1.82, 2.24) is 9.71 Å². The van der Waals surface area contributed by atoms with Crippen molar-refractivity contribution in [2.24, 2.45) is 0 Å². The van der Waals surface area contributed by atoms with E-state index in [1.807, 2.05) is 43.3 Å². The van der Waals surface area contributed by atoms with Gasteiger partial charge in [-0.15, -0.1) is 0 Å². The van der Waals surface area contributed by atoms with Crippen molar-refractivity contribution in [3.05, 3.63) is 70.1 Å². The predicted octanol–water partition coefficient (Wildman–Crippen LogP) is 2.66. The van der Waals surface area contributed by atoms with E-state index >= 15 is 0 Å². The lowest BCUT2D eigenvalue weighted by molar-refractivity contribution is 0.610. The van der Waals surface area contributed by atoms with Crippen LogP contribution in [-0.2, 0) is 10.9 Å². The predicted molar refractivity (Wildman–Crippen MR) is 83.6 cm³/mol. The first-order chi connectivity index (χ1) is 9.58. The molecule has 0 spiro atoms. The van der Waals surface area contributed by atoms with Crippen LogP contribution in [0.1, 0.15) is 16.8 Å². The number of nitrogens with one attached hydrogen (secondary N) is 1. The highest BCUT2D eigenvalue weighted by Gasteiger charge is 2.09. The number of rotatable bonds is 4. The summed E-state index contributed by atoms with van der Waals surface area (Å²) in [5, 5.41) is 0. The van der Waals surface area contributed by atoms with E-state index in [1.54, 1.807) is 6.20 Å². The number of hydrogen-bond acceptors (Lipinski definition) is 3. The van der Waals surface area contributed by atoms with Gasteiger partial charge >= 0.3 is 0 Å². The molecule has 0 amide bonds. The Labute approximate surface area is 127 Å². The average Bonchev–Trinajstić information content (AvgIpc) is 2.43. The van der Waals surface area contributed by atoms with E-state index in [0.29, 0.717) is 0 Å². The molecular formula is C14H13BrN2O2S. The van der Waals surface area contributed by atoms with Crippen LogP contribution in [0, 0.1) is 6.92 Å². The second-order valence-corrected chi connectivity index (χ2v) is 5.78. The van der Waals surface area contributed by atoms with Gasteiger partial charge in [0.15, 0.2) is 0 Å². The van der Waals surface area contributed by atoms with Crippen molar-refractivity contribution in [2.75, 3.05) is 0 Å². The summed E-state index contributed by atoms with van der Waals surface area (Å²) in [4.78, 5) is 4.29. The number of halogens is 1.